The maximum Gasteiger partial charge on any atom is 0.0698 e. The molecule has 0 spiro atoms. The maximum atomic E-state index is 4.24. The summed E-state index contributed by atoms with van der Waals surface area (Å²) in [6.07, 6.45) is 7.82. The molecule has 0 radical (unpaired) electrons. The molecule has 0 aromatic carbocycles. The standard InChI is InChI=1S/C13H15N/c1-4-5-8-11(2)12(3)13-9-6-7-10-14-13/h4-10H,3H2,1-2H3/b5-4-,11-8-. The molecule has 1 rings (SSSR count). The van der Waals surface area contributed by atoms with Crippen molar-refractivity contribution in [1.82, 2.24) is 4.98 Å². The summed E-state index contributed by atoms with van der Waals surface area (Å²) in [6, 6.07) is 5.84. The number of rotatable bonds is 3. The zero-order chi connectivity index (χ0) is 10.4. The van der Waals surface area contributed by atoms with Crippen molar-refractivity contribution >= 4 is 5.57 Å². The first kappa shape index (κ1) is 10.5. The van der Waals surface area contributed by atoms with E-state index in [1.54, 1.807) is 6.20 Å². The Morgan fingerprint density at radius 3 is 2.79 bits per heavy atom. The maximum absolute atomic E-state index is 4.24. The van der Waals surface area contributed by atoms with Gasteiger partial charge in [-0.2, -0.15) is 0 Å². The second-order valence-corrected chi connectivity index (χ2v) is 3.07. The molecule has 0 saturated heterocycles. The Balaban J connectivity index is 2.86. The summed E-state index contributed by atoms with van der Waals surface area (Å²) in [5.41, 5.74) is 3.05. The fraction of sp³-hybridized carbons (Fsp3) is 0.154. The Bertz CT molecular complexity index is 358. The molecule has 72 valence electrons. The van der Waals surface area contributed by atoms with Gasteiger partial charge in [0.2, 0.25) is 0 Å². The van der Waals surface area contributed by atoms with Crippen molar-refractivity contribution in [2.45, 2.75) is 13.8 Å². The van der Waals surface area contributed by atoms with Crippen LogP contribution in [-0.2, 0) is 0 Å². The van der Waals surface area contributed by atoms with Crippen molar-refractivity contribution in [3.8, 4) is 0 Å². The molecule has 0 aliphatic heterocycles. The molecule has 1 nitrogen and oxygen atoms in total. The molecule has 0 amide bonds. The van der Waals surface area contributed by atoms with Gasteiger partial charge in [0.25, 0.3) is 0 Å². The van der Waals surface area contributed by atoms with Crippen LogP contribution in [0, 0.1) is 0 Å². The number of allylic oxidation sites excluding steroid dienone is 5. The molecule has 0 unspecified atom stereocenters. The quantitative estimate of drug-likeness (QED) is 0.655. The monoisotopic (exact) mass is 185 g/mol. The van der Waals surface area contributed by atoms with Crippen molar-refractivity contribution in [2.75, 3.05) is 0 Å². The van der Waals surface area contributed by atoms with Gasteiger partial charge in [-0.15, -0.1) is 0 Å². The van der Waals surface area contributed by atoms with Gasteiger partial charge < -0.3 is 0 Å². The van der Waals surface area contributed by atoms with Gasteiger partial charge in [0.05, 0.1) is 5.69 Å². The zero-order valence-corrected chi connectivity index (χ0v) is 8.70. The highest BCUT2D eigenvalue weighted by atomic mass is 14.7. The van der Waals surface area contributed by atoms with Crippen molar-refractivity contribution in [3.05, 3.63) is 60.5 Å². The number of pyridine rings is 1. The summed E-state index contributed by atoms with van der Waals surface area (Å²) < 4.78 is 0. The minimum Gasteiger partial charge on any atom is -0.256 e. The molecule has 0 atom stereocenters. The number of nitrogens with zero attached hydrogens (tertiary/aromatic N) is 1. The van der Waals surface area contributed by atoms with Crippen LogP contribution < -0.4 is 0 Å². The van der Waals surface area contributed by atoms with Gasteiger partial charge in [0.15, 0.2) is 0 Å². The van der Waals surface area contributed by atoms with E-state index in [9.17, 15) is 0 Å². The fourth-order valence-electron chi connectivity index (χ4n) is 1.08. The summed E-state index contributed by atoms with van der Waals surface area (Å²) in [6.45, 7) is 8.05. The normalized spacial score (nSPS) is 12.0. The van der Waals surface area contributed by atoms with Crippen molar-refractivity contribution in [1.29, 1.82) is 0 Å². The van der Waals surface area contributed by atoms with Crippen LogP contribution in [0.1, 0.15) is 19.5 Å². The van der Waals surface area contributed by atoms with E-state index in [0.29, 0.717) is 0 Å². The second kappa shape index (κ2) is 5.18. The van der Waals surface area contributed by atoms with E-state index in [1.807, 2.05) is 50.3 Å². The van der Waals surface area contributed by atoms with Gasteiger partial charge >= 0.3 is 0 Å². The molecule has 1 aromatic heterocycles. The molecule has 0 aliphatic carbocycles. The first-order chi connectivity index (χ1) is 6.75. The van der Waals surface area contributed by atoms with E-state index in [1.165, 1.54) is 0 Å². The molecule has 1 heterocycles. The second-order valence-electron chi connectivity index (χ2n) is 3.07. The van der Waals surface area contributed by atoms with Gasteiger partial charge in [0, 0.05) is 6.20 Å². The third-order valence-electron chi connectivity index (χ3n) is 1.99. The molecule has 0 aliphatic rings. The van der Waals surface area contributed by atoms with Crippen LogP contribution in [0.2, 0.25) is 0 Å². The molecule has 1 aromatic rings. The lowest BCUT2D eigenvalue weighted by Crippen LogP contribution is -1.87. The van der Waals surface area contributed by atoms with E-state index < -0.39 is 0 Å². The van der Waals surface area contributed by atoms with Gasteiger partial charge in [-0.05, 0) is 37.1 Å². The summed E-state index contributed by atoms with van der Waals surface area (Å²) in [5.74, 6) is 0. The fourth-order valence-corrected chi connectivity index (χ4v) is 1.08. The first-order valence-electron chi connectivity index (χ1n) is 4.66. The van der Waals surface area contributed by atoms with Crippen molar-refractivity contribution in [2.24, 2.45) is 0 Å². The van der Waals surface area contributed by atoms with Crippen LogP contribution in [0.3, 0.4) is 0 Å². The predicted octanol–water partition coefficient (Wildman–Crippen LogP) is 3.62. The number of aromatic nitrogens is 1. The minimum absolute atomic E-state index is 0.936. The molecule has 0 fully saturated rings. The topological polar surface area (TPSA) is 12.9 Å². The smallest absolute Gasteiger partial charge is 0.0698 e. The van der Waals surface area contributed by atoms with Crippen LogP contribution >= 0.6 is 0 Å². The Morgan fingerprint density at radius 2 is 2.21 bits per heavy atom. The average Bonchev–Trinajstić information content (AvgIpc) is 2.26. The van der Waals surface area contributed by atoms with E-state index >= 15 is 0 Å². The summed E-state index contributed by atoms with van der Waals surface area (Å²) in [4.78, 5) is 4.24. The molecule has 0 saturated carbocycles. The van der Waals surface area contributed by atoms with Gasteiger partial charge in [-0.3, -0.25) is 4.98 Å². The van der Waals surface area contributed by atoms with Crippen LogP contribution in [0.15, 0.2) is 54.8 Å². The highest BCUT2D eigenvalue weighted by Gasteiger charge is 1.99. The summed E-state index contributed by atoms with van der Waals surface area (Å²) in [5, 5.41) is 0. The van der Waals surface area contributed by atoms with E-state index in [-0.39, 0.29) is 0 Å². The SMILES string of the molecule is C=C(/C(C)=C\C=C/C)c1ccccn1. The third-order valence-corrected chi connectivity index (χ3v) is 1.99. The molecule has 0 N–H and O–H groups in total. The van der Waals surface area contributed by atoms with Crippen LogP contribution in [-0.4, -0.2) is 4.98 Å². The molecule has 0 bridgehead atoms. The number of hydrogen-bond donors (Lipinski definition) is 0. The van der Waals surface area contributed by atoms with E-state index in [4.69, 9.17) is 0 Å². The van der Waals surface area contributed by atoms with Crippen molar-refractivity contribution in [3.63, 3.8) is 0 Å². The lowest BCUT2D eigenvalue weighted by Gasteiger charge is -2.03. The predicted molar refractivity (Wildman–Crippen MR) is 61.8 cm³/mol. The van der Waals surface area contributed by atoms with E-state index in [2.05, 4.69) is 11.6 Å². The Labute approximate surface area is 85.5 Å². The van der Waals surface area contributed by atoms with Gasteiger partial charge in [-0.1, -0.05) is 30.9 Å². The summed E-state index contributed by atoms with van der Waals surface area (Å²) >= 11 is 0. The highest BCUT2D eigenvalue weighted by Crippen LogP contribution is 2.17. The zero-order valence-electron chi connectivity index (χ0n) is 8.70. The van der Waals surface area contributed by atoms with Gasteiger partial charge in [0.1, 0.15) is 0 Å². The average molecular weight is 185 g/mol. The van der Waals surface area contributed by atoms with Crippen LogP contribution in [0.4, 0.5) is 0 Å². The lowest BCUT2D eigenvalue weighted by atomic mass is 10.1. The third kappa shape index (κ3) is 2.70. The van der Waals surface area contributed by atoms with Crippen molar-refractivity contribution < 1.29 is 0 Å². The first-order valence-corrected chi connectivity index (χ1v) is 4.66. The Kier molecular flexibility index (Phi) is 3.86. The molecule has 14 heavy (non-hydrogen) atoms. The van der Waals surface area contributed by atoms with Gasteiger partial charge in [-0.25, -0.2) is 0 Å². The van der Waals surface area contributed by atoms with Crippen LogP contribution in [0.25, 0.3) is 5.57 Å². The Hall–Kier alpha value is -1.63. The summed E-state index contributed by atoms with van der Waals surface area (Å²) in [7, 11) is 0. The van der Waals surface area contributed by atoms with Crippen LogP contribution in [0.5, 0.6) is 0 Å². The van der Waals surface area contributed by atoms with E-state index in [0.717, 1.165) is 16.8 Å². The Morgan fingerprint density at radius 1 is 1.43 bits per heavy atom. The minimum atomic E-state index is 0.936. The highest BCUT2D eigenvalue weighted by molar-refractivity contribution is 5.74. The molecular weight excluding hydrogens is 170 g/mol. The largest absolute Gasteiger partial charge is 0.256 e. The molecule has 1 heteroatoms. The number of hydrogen-bond acceptors (Lipinski definition) is 1. The lowest BCUT2D eigenvalue weighted by molar-refractivity contribution is 1.27. The molecular formula is C13H15N.